The number of hydrogen-bond donors (Lipinski definition) is 2. The second-order valence-corrected chi connectivity index (χ2v) is 4.30. The second-order valence-electron chi connectivity index (χ2n) is 3.38. The van der Waals surface area contributed by atoms with Crippen molar-refractivity contribution in [3.63, 3.8) is 0 Å². The first-order valence-electron chi connectivity index (χ1n) is 4.94. The molecular formula is C12H11BrN2O. The summed E-state index contributed by atoms with van der Waals surface area (Å²) in [5, 5.41) is 5.50. The Morgan fingerprint density at radius 2 is 1.94 bits per heavy atom. The molecular weight excluding hydrogens is 268 g/mol. The third kappa shape index (κ3) is 2.97. The molecule has 2 amide bonds. The standard InChI is InChI=1S/C12H11BrN2O/c13-9-5-7-11(8-6-9)15-12(16)14-10-3-1-2-4-10/h1,3-8H,2H2,(H2,14,15,16). The van der Waals surface area contributed by atoms with Gasteiger partial charge in [0, 0.05) is 15.9 Å². The molecule has 0 aliphatic heterocycles. The molecule has 0 heterocycles. The molecule has 3 nitrogen and oxygen atoms in total. The lowest BCUT2D eigenvalue weighted by Gasteiger charge is -2.06. The maximum atomic E-state index is 11.5. The Labute approximate surface area is 102 Å². The van der Waals surface area contributed by atoms with Crippen LogP contribution in [0.25, 0.3) is 0 Å². The van der Waals surface area contributed by atoms with Gasteiger partial charge < -0.3 is 10.6 Å². The number of urea groups is 1. The number of amides is 2. The predicted octanol–water partition coefficient (Wildman–Crippen LogP) is 3.41. The van der Waals surface area contributed by atoms with Crippen LogP contribution in [-0.2, 0) is 0 Å². The lowest BCUT2D eigenvalue weighted by Crippen LogP contribution is -2.26. The molecule has 0 radical (unpaired) electrons. The first kappa shape index (κ1) is 11.0. The molecule has 1 aliphatic carbocycles. The Morgan fingerprint density at radius 3 is 2.56 bits per heavy atom. The van der Waals surface area contributed by atoms with Crippen LogP contribution in [0.3, 0.4) is 0 Å². The Kier molecular flexibility index (Phi) is 3.41. The van der Waals surface area contributed by atoms with Crippen LogP contribution in [-0.4, -0.2) is 6.03 Å². The van der Waals surface area contributed by atoms with E-state index in [1.54, 1.807) is 0 Å². The number of rotatable bonds is 2. The van der Waals surface area contributed by atoms with Crippen molar-refractivity contribution in [2.45, 2.75) is 6.42 Å². The van der Waals surface area contributed by atoms with Crippen molar-refractivity contribution in [3.05, 3.63) is 52.7 Å². The van der Waals surface area contributed by atoms with Crippen molar-refractivity contribution in [2.24, 2.45) is 0 Å². The summed E-state index contributed by atoms with van der Waals surface area (Å²) < 4.78 is 0.986. The van der Waals surface area contributed by atoms with Crippen LogP contribution in [0, 0.1) is 0 Å². The zero-order valence-electron chi connectivity index (χ0n) is 8.53. The van der Waals surface area contributed by atoms with E-state index in [4.69, 9.17) is 0 Å². The maximum absolute atomic E-state index is 11.5. The van der Waals surface area contributed by atoms with Crippen LogP contribution in [0.2, 0.25) is 0 Å². The topological polar surface area (TPSA) is 41.1 Å². The highest BCUT2D eigenvalue weighted by molar-refractivity contribution is 9.10. The minimum absolute atomic E-state index is 0.222. The molecule has 1 aromatic rings. The Morgan fingerprint density at radius 1 is 1.19 bits per heavy atom. The van der Waals surface area contributed by atoms with E-state index in [1.165, 1.54) is 0 Å². The van der Waals surface area contributed by atoms with Gasteiger partial charge in [0.15, 0.2) is 0 Å². The van der Waals surface area contributed by atoms with Crippen LogP contribution in [0.5, 0.6) is 0 Å². The van der Waals surface area contributed by atoms with Crippen LogP contribution in [0.1, 0.15) is 6.42 Å². The average Bonchev–Trinajstić information content (AvgIpc) is 2.74. The molecule has 0 atom stereocenters. The molecule has 0 saturated heterocycles. The molecule has 0 saturated carbocycles. The fraction of sp³-hybridized carbons (Fsp3) is 0.0833. The van der Waals surface area contributed by atoms with E-state index < -0.39 is 0 Å². The van der Waals surface area contributed by atoms with Gasteiger partial charge in [-0.25, -0.2) is 4.79 Å². The van der Waals surface area contributed by atoms with Gasteiger partial charge in [-0.2, -0.15) is 0 Å². The van der Waals surface area contributed by atoms with E-state index in [2.05, 4.69) is 26.6 Å². The highest BCUT2D eigenvalue weighted by atomic mass is 79.9. The average molecular weight is 279 g/mol. The number of carbonyl (C=O) groups excluding carboxylic acids is 1. The first-order chi connectivity index (χ1) is 7.74. The number of hydrogen-bond acceptors (Lipinski definition) is 1. The molecule has 1 aromatic carbocycles. The fourth-order valence-corrected chi connectivity index (χ4v) is 1.64. The van der Waals surface area contributed by atoms with Crippen molar-refractivity contribution in [2.75, 3.05) is 5.32 Å². The Balaban J connectivity index is 1.92. The largest absolute Gasteiger partial charge is 0.323 e. The van der Waals surface area contributed by atoms with Crippen LogP contribution in [0.4, 0.5) is 10.5 Å². The van der Waals surface area contributed by atoms with Crippen molar-refractivity contribution in [1.29, 1.82) is 0 Å². The molecule has 0 bridgehead atoms. The van der Waals surface area contributed by atoms with Gasteiger partial charge in [0.2, 0.25) is 0 Å². The predicted molar refractivity (Wildman–Crippen MR) is 68.1 cm³/mol. The van der Waals surface area contributed by atoms with E-state index in [-0.39, 0.29) is 6.03 Å². The van der Waals surface area contributed by atoms with Crippen molar-refractivity contribution in [1.82, 2.24) is 5.32 Å². The van der Waals surface area contributed by atoms with Crippen molar-refractivity contribution >= 4 is 27.6 Å². The van der Waals surface area contributed by atoms with Gasteiger partial charge in [0.25, 0.3) is 0 Å². The second kappa shape index (κ2) is 4.99. The fourth-order valence-electron chi connectivity index (χ4n) is 1.38. The van der Waals surface area contributed by atoms with Crippen LogP contribution in [0.15, 0.2) is 52.7 Å². The molecule has 0 aromatic heterocycles. The summed E-state index contributed by atoms with van der Waals surface area (Å²) in [4.78, 5) is 11.5. The summed E-state index contributed by atoms with van der Waals surface area (Å²) in [5.74, 6) is 0. The molecule has 16 heavy (non-hydrogen) atoms. The zero-order valence-corrected chi connectivity index (χ0v) is 10.1. The number of carbonyl (C=O) groups is 1. The van der Waals surface area contributed by atoms with Gasteiger partial charge in [0.1, 0.15) is 0 Å². The van der Waals surface area contributed by atoms with Gasteiger partial charge in [0.05, 0.1) is 0 Å². The van der Waals surface area contributed by atoms with E-state index >= 15 is 0 Å². The highest BCUT2D eigenvalue weighted by Gasteiger charge is 2.04. The maximum Gasteiger partial charge on any atom is 0.323 e. The lowest BCUT2D eigenvalue weighted by atomic mass is 10.3. The van der Waals surface area contributed by atoms with E-state index in [9.17, 15) is 4.79 Å². The molecule has 82 valence electrons. The van der Waals surface area contributed by atoms with Crippen LogP contribution >= 0.6 is 15.9 Å². The molecule has 2 N–H and O–H groups in total. The summed E-state index contributed by atoms with van der Waals surface area (Å²) in [6.07, 6.45) is 6.73. The minimum Gasteiger partial charge on any atom is -0.308 e. The van der Waals surface area contributed by atoms with E-state index in [1.807, 2.05) is 42.5 Å². The van der Waals surface area contributed by atoms with E-state index in [0.717, 1.165) is 22.3 Å². The van der Waals surface area contributed by atoms with Gasteiger partial charge >= 0.3 is 6.03 Å². The summed E-state index contributed by atoms with van der Waals surface area (Å²) in [5.41, 5.74) is 1.61. The van der Waals surface area contributed by atoms with Gasteiger partial charge in [-0.3, -0.25) is 0 Å². The number of benzene rings is 1. The smallest absolute Gasteiger partial charge is 0.308 e. The molecule has 4 heteroatoms. The van der Waals surface area contributed by atoms with Gasteiger partial charge in [-0.1, -0.05) is 28.1 Å². The molecule has 0 fully saturated rings. The SMILES string of the molecule is O=C(NC1=CCC=C1)Nc1ccc(Br)cc1. The zero-order chi connectivity index (χ0) is 11.4. The van der Waals surface area contributed by atoms with Gasteiger partial charge in [-0.05, 0) is 36.8 Å². The minimum atomic E-state index is -0.222. The third-order valence-electron chi connectivity index (χ3n) is 2.13. The number of nitrogens with one attached hydrogen (secondary N) is 2. The van der Waals surface area contributed by atoms with E-state index in [0.29, 0.717) is 0 Å². The summed E-state index contributed by atoms with van der Waals surface area (Å²) in [6, 6.07) is 7.21. The Hall–Kier alpha value is -1.55. The number of anilines is 1. The van der Waals surface area contributed by atoms with Crippen LogP contribution < -0.4 is 10.6 Å². The summed E-state index contributed by atoms with van der Waals surface area (Å²) in [6.45, 7) is 0. The summed E-state index contributed by atoms with van der Waals surface area (Å²) >= 11 is 3.34. The Bertz CT molecular complexity index is 449. The normalized spacial score (nSPS) is 13.4. The molecule has 0 unspecified atom stereocenters. The summed E-state index contributed by atoms with van der Waals surface area (Å²) in [7, 11) is 0. The number of allylic oxidation sites excluding steroid dienone is 3. The van der Waals surface area contributed by atoms with Crippen molar-refractivity contribution < 1.29 is 4.79 Å². The monoisotopic (exact) mass is 278 g/mol. The molecule has 0 spiro atoms. The highest BCUT2D eigenvalue weighted by Crippen LogP contribution is 2.14. The lowest BCUT2D eigenvalue weighted by molar-refractivity contribution is 0.254. The molecule has 1 aliphatic rings. The van der Waals surface area contributed by atoms with Crippen molar-refractivity contribution in [3.8, 4) is 0 Å². The quantitative estimate of drug-likeness (QED) is 0.855. The third-order valence-corrected chi connectivity index (χ3v) is 2.66. The number of halogens is 1. The van der Waals surface area contributed by atoms with Gasteiger partial charge in [-0.15, -0.1) is 0 Å². The first-order valence-corrected chi connectivity index (χ1v) is 5.73. The molecule has 2 rings (SSSR count).